The van der Waals surface area contributed by atoms with Crippen molar-refractivity contribution < 1.29 is 9.53 Å². The van der Waals surface area contributed by atoms with Crippen LogP contribution in [0.25, 0.3) is 11.2 Å². The molecule has 0 radical (unpaired) electrons. The number of pyridine rings is 1. The molecule has 0 unspecified atom stereocenters. The predicted octanol–water partition coefficient (Wildman–Crippen LogP) is 2.61. The van der Waals surface area contributed by atoms with Gasteiger partial charge in [-0.1, -0.05) is 0 Å². The fourth-order valence-corrected chi connectivity index (χ4v) is 4.66. The summed E-state index contributed by atoms with van der Waals surface area (Å²) in [7, 11) is 0. The molecule has 9 heteroatoms. The Morgan fingerprint density at radius 2 is 2.13 bits per heavy atom. The SMILES string of the molecule is CCOCCn1c(CC2CCN(CCNC(=O)c3nccs3)CC2)nc2cccnc21. The van der Waals surface area contributed by atoms with Gasteiger partial charge in [0.25, 0.3) is 5.91 Å². The summed E-state index contributed by atoms with van der Waals surface area (Å²) < 4.78 is 7.80. The largest absolute Gasteiger partial charge is 0.380 e. The number of nitrogens with one attached hydrogen (secondary N) is 1. The van der Waals surface area contributed by atoms with Crippen LogP contribution in [0.3, 0.4) is 0 Å². The van der Waals surface area contributed by atoms with Gasteiger partial charge in [-0.05, 0) is 50.9 Å². The predicted molar refractivity (Wildman–Crippen MR) is 121 cm³/mol. The third-order valence-corrected chi connectivity index (χ3v) is 6.54. The number of likely N-dealkylation sites (tertiary alicyclic amines) is 1. The van der Waals surface area contributed by atoms with Gasteiger partial charge >= 0.3 is 0 Å². The van der Waals surface area contributed by atoms with Crippen molar-refractivity contribution in [3.63, 3.8) is 0 Å². The topological polar surface area (TPSA) is 85.2 Å². The number of carbonyl (C=O) groups excluding carboxylic acids is 1. The molecule has 0 aliphatic carbocycles. The van der Waals surface area contributed by atoms with Crippen molar-refractivity contribution in [1.82, 2.24) is 29.7 Å². The summed E-state index contributed by atoms with van der Waals surface area (Å²) in [6, 6.07) is 3.98. The first kappa shape index (κ1) is 21.9. The van der Waals surface area contributed by atoms with Crippen LogP contribution in [0.5, 0.6) is 0 Å². The summed E-state index contributed by atoms with van der Waals surface area (Å²) in [5, 5.41) is 5.31. The van der Waals surface area contributed by atoms with E-state index in [0.717, 1.165) is 69.0 Å². The maximum atomic E-state index is 12.0. The number of aromatic nitrogens is 4. The third kappa shape index (κ3) is 5.66. The molecule has 4 rings (SSSR count). The molecule has 1 aliphatic heterocycles. The van der Waals surface area contributed by atoms with Crippen molar-refractivity contribution in [2.75, 3.05) is 39.4 Å². The lowest BCUT2D eigenvalue weighted by Crippen LogP contribution is -2.40. The molecule has 3 aromatic rings. The van der Waals surface area contributed by atoms with E-state index in [-0.39, 0.29) is 5.91 Å². The Bertz CT molecular complexity index is 966. The normalized spacial score (nSPS) is 15.5. The van der Waals surface area contributed by atoms with Crippen LogP contribution in [0, 0.1) is 5.92 Å². The Balaban J connectivity index is 1.27. The number of imidazole rings is 1. The molecule has 0 saturated carbocycles. The summed E-state index contributed by atoms with van der Waals surface area (Å²) in [5.41, 5.74) is 1.91. The van der Waals surface area contributed by atoms with Crippen molar-refractivity contribution in [3.8, 4) is 0 Å². The number of carbonyl (C=O) groups is 1. The first-order valence-corrected chi connectivity index (χ1v) is 11.9. The molecule has 1 N–H and O–H groups in total. The van der Waals surface area contributed by atoms with Crippen molar-refractivity contribution in [3.05, 3.63) is 40.7 Å². The first-order valence-electron chi connectivity index (χ1n) is 11.0. The molecule has 166 valence electrons. The summed E-state index contributed by atoms with van der Waals surface area (Å²) >= 11 is 1.37. The molecule has 3 aromatic heterocycles. The Labute approximate surface area is 186 Å². The van der Waals surface area contributed by atoms with Crippen molar-refractivity contribution in [2.45, 2.75) is 32.7 Å². The Hall–Kier alpha value is -2.36. The number of fused-ring (bicyclic) bond motifs is 1. The van der Waals surface area contributed by atoms with E-state index in [9.17, 15) is 4.79 Å². The standard InChI is InChI=1S/C22H30N6O2S/c1-2-30-14-13-28-19(26-18-4-3-7-23-20(18)28)16-17-5-10-27(11-6-17)12-8-24-21(29)22-25-9-15-31-22/h3-4,7,9,15,17H,2,5-6,8,10-14,16H2,1H3,(H,24,29). The number of thiazole rings is 1. The Morgan fingerprint density at radius 3 is 2.90 bits per heavy atom. The van der Waals surface area contributed by atoms with Gasteiger partial charge in [-0.2, -0.15) is 0 Å². The number of hydrogen-bond acceptors (Lipinski definition) is 7. The van der Waals surface area contributed by atoms with Crippen LogP contribution in [-0.2, 0) is 17.7 Å². The monoisotopic (exact) mass is 442 g/mol. The summed E-state index contributed by atoms with van der Waals surface area (Å²) in [4.78, 5) is 27.9. The van der Waals surface area contributed by atoms with Crippen molar-refractivity contribution >= 4 is 28.4 Å². The third-order valence-electron chi connectivity index (χ3n) is 5.76. The lowest BCUT2D eigenvalue weighted by atomic mass is 9.93. The zero-order valence-corrected chi connectivity index (χ0v) is 18.8. The smallest absolute Gasteiger partial charge is 0.280 e. The lowest BCUT2D eigenvalue weighted by molar-refractivity contribution is 0.0943. The minimum absolute atomic E-state index is 0.0792. The Kier molecular flexibility index (Phi) is 7.61. The van der Waals surface area contributed by atoms with Gasteiger partial charge < -0.3 is 19.5 Å². The van der Waals surface area contributed by atoms with E-state index >= 15 is 0 Å². The molecule has 0 spiro atoms. The number of amides is 1. The molecule has 1 saturated heterocycles. The van der Waals surface area contributed by atoms with E-state index in [1.54, 1.807) is 6.20 Å². The zero-order chi connectivity index (χ0) is 21.5. The average molecular weight is 443 g/mol. The molecular formula is C22H30N6O2S. The highest BCUT2D eigenvalue weighted by atomic mass is 32.1. The summed E-state index contributed by atoms with van der Waals surface area (Å²) in [6.07, 6.45) is 6.74. The van der Waals surface area contributed by atoms with Gasteiger partial charge in [0, 0.05) is 50.4 Å². The van der Waals surface area contributed by atoms with Crippen LogP contribution in [0.15, 0.2) is 29.9 Å². The quantitative estimate of drug-likeness (QED) is 0.486. The average Bonchev–Trinajstić information content (AvgIpc) is 3.44. The van der Waals surface area contributed by atoms with Crippen LogP contribution in [0.1, 0.15) is 35.4 Å². The van der Waals surface area contributed by atoms with Gasteiger partial charge in [-0.15, -0.1) is 11.3 Å². The molecule has 1 fully saturated rings. The highest BCUT2D eigenvalue weighted by molar-refractivity contribution is 7.11. The van der Waals surface area contributed by atoms with E-state index in [0.29, 0.717) is 24.1 Å². The van der Waals surface area contributed by atoms with E-state index in [1.807, 2.05) is 30.6 Å². The van der Waals surface area contributed by atoms with Gasteiger partial charge in [-0.3, -0.25) is 4.79 Å². The minimum atomic E-state index is -0.0792. The van der Waals surface area contributed by atoms with Gasteiger partial charge in [0.1, 0.15) is 11.3 Å². The highest BCUT2D eigenvalue weighted by Crippen LogP contribution is 2.23. The van der Waals surface area contributed by atoms with Gasteiger partial charge in [-0.25, -0.2) is 15.0 Å². The second kappa shape index (κ2) is 10.8. The lowest BCUT2D eigenvalue weighted by Gasteiger charge is -2.31. The Morgan fingerprint density at radius 1 is 1.26 bits per heavy atom. The maximum absolute atomic E-state index is 12.0. The fourth-order valence-electron chi connectivity index (χ4n) is 4.11. The molecule has 0 aromatic carbocycles. The number of hydrogen-bond donors (Lipinski definition) is 1. The maximum Gasteiger partial charge on any atom is 0.280 e. The fraction of sp³-hybridized carbons (Fsp3) is 0.545. The second-order valence-electron chi connectivity index (χ2n) is 7.81. The molecule has 1 aliphatic rings. The van der Waals surface area contributed by atoms with E-state index in [1.165, 1.54) is 11.3 Å². The van der Waals surface area contributed by atoms with Crippen LogP contribution < -0.4 is 5.32 Å². The van der Waals surface area contributed by atoms with Gasteiger partial charge in [0.15, 0.2) is 10.7 Å². The zero-order valence-electron chi connectivity index (χ0n) is 18.0. The molecule has 8 nitrogen and oxygen atoms in total. The molecule has 1 amide bonds. The first-order chi connectivity index (χ1) is 15.2. The molecule has 4 heterocycles. The minimum Gasteiger partial charge on any atom is -0.380 e. The number of rotatable bonds is 10. The highest BCUT2D eigenvalue weighted by Gasteiger charge is 2.22. The molecule has 0 bridgehead atoms. The van der Waals surface area contributed by atoms with E-state index in [4.69, 9.17) is 9.72 Å². The van der Waals surface area contributed by atoms with Crippen LogP contribution in [0.2, 0.25) is 0 Å². The molecule has 0 atom stereocenters. The summed E-state index contributed by atoms with van der Waals surface area (Å²) in [6.45, 7) is 7.83. The number of nitrogens with zero attached hydrogens (tertiary/aromatic N) is 5. The molecular weight excluding hydrogens is 412 g/mol. The van der Waals surface area contributed by atoms with Crippen molar-refractivity contribution in [2.24, 2.45) is 5.92 Å². The van der Waals surface area contributed by atoms with Gasteiger partial charge in [0.2, 0.25) is 0 Å². The summed E-state index contributed by atoms with van der Waals surface area (Å²) in [5.74, 6) is 1.65. The van der Waals surface area contributed by atoms with E-state index in [2.05, 4.69) is 24.8 Å². The van der Waals surface area contributed by atoms with Crippen LogP contribution in [0.4, 0.5) is 0 Å². The van der Waals surface area contributed by atoms with E-state index < -0.39 is 0 Å². The number of piperidine rings is 1. The van der Waals surface area contributed by atoms with Crippen LogP contribution >= 0.6 is 11.3 Å². The van der Waals surface area contributed by atoms with Crippen LogP contribution in [-0.4, -0.2) is 69.7 Å². The number of ether oxygens (including phenoxy) is 1. The molecule has 31 heavy (non-hydrogen) atoms. The van der Waals surface area contributed by atoms with Crippen molar-refractivity contribution in [1.29, 1.82) is 0 Å². The van der Waals surface area contributed by atoms with Gasteiger partial charge in [0.05, 0.1) is 6.61 Å². The second-order valence-corrected chi connectivity index (χ2v) is 8.70.